The maximum Gasteiger partial charge on any atom is 0.407 e. The standard InChI is InChI=1S/C18H21N3O2/c22-18(23-13-15-4-2-1-3-5-15)21-17-10-16(11-17)20-12-14-6-8-19-9-7-14/h1-9,16-17,20H,10-13H2,(H,21,22). The number of carbonyl (C=O) groups excluding carboxylic acids is 1. The second kappa shape index (κ2) is 7.74. The van der Waals surface area contributed by atoms with Gasteiger partial charge >= 0.3 is 6.09 Å². The Bertz CT molecular complexity index is 613. The van der Waals surface area contributed by atoms with Crippen molar-refractivity contribution in [1.29, 1.82) is 0 Å². The molecule has 1 aromatic carbocycles. The molecule has 1 heterocycles. The lowest BCUT2D eigenvalue weighted by Crippen LogP contribution is -2.52. The molecule has 0 radical (unpaired) electrons. The van der Waals surface area contributed by atoms with Crippen LogP contribution in [0.15, 0.2) is 54.9 Å². The number of nitrogens with one attached hydrogen (secondary N) is 2. The monoisotopic (exact) mass is 311 g/mol. The van der Waals surface area contributed by atoms with Crippen molar-refractivity contribution in [2.75, 3.05) is 0 Å². The van der Waals surface area contributed by atoms with Gasteiger partial charge in [-0.2, -0.15) is 0 Å². The van der Waals surface area contributed by atoms with Gasteiger partial charge in [0.15, 0.2) is 0 Å². The van der Waals surface area contributed by atoms with Gasteiger partial charge in [-0.1, -0.05) is 30.3 Å². The van der Waals surface area contributed by atoms with Crippen LogP contribution in [0.25, 0.3) is 0 Å². The lowest BCUT2D eigenvalue weighted by atomic mass is 9.87. The first-order valence-corrected chi connectivity index (χ1v) is 7.89. The highest BCUT2D eigenvalue weighted by atomic mass is 16.5. The van der Waals surface area contributed by atoms with E-state index in [-0.39, 0.29) is 12.1 Å². The van der Waals surface area contributed by atoms with Gasteiger partial charge in [0.1, 0.15) is 6.61 Å². The summed E-state index contributed by atoms with van der Waals surface area (Å²) in [6.07, 6.45) is 5.12. The number of amides is 1. The summed E-state index contributed by atoms with van der Waals surface area (Å²) < 4.78 is 5.22. The van der Waals surface area contributed by atoms with E-state index in [9.17, 15) is 4.79 Å². The van der Waals surface area contributed by atoms with Crippen LogP contribution in [0.4, 0.5) is 4.79 Å². The quantitative estimate of drug-likeness (QED) is 0.861. The average molecular weight is 311 g/mol. The van der Waals surface area contributed by atoms with E-state index in [0.717, 1.165) is 24.9 Å². The van der Waals surface area contributed by atoms with Gasteiger partial charge in [0.2, 0.25) is 0 Å². The highest BCUT2D eigenvalue weighted by Gasteiger charge is 2.30. The summed E-state index contributed by atoms with van der Waals surface area (Å²) in [5.41, 5.74) is 2.21. The Kier molecular flexibility index (Phi) is 5.21. The molecule has 120 valence electrons. The summed E-state index contributed by atoms with van der Waals surface area (Å²) in [7, 11) is 0. The highest BCUT2D eigenvalue weighted by molar-refractivity contribution is 5.67. The summed E-state index contributed by atoms with van der Waals surface area (Å²) in [6.45, 7) is 1.14. The maximum absolute atomic E-state index is 11.7. The SMILES string of the molecule is O=C(NC1CC(NCc2ccncc2)C1)OCc1ccccc1. The Morgan fingerprint density at radius 2 is 1.78 bits per heavy atom. The van der Waals surface area contributed by atoms with Gasteiger partial charge in [0, 0.05) is 31.0 Å². The molecule has 2 N–H and O–H groups in total. The first kappa shape index (κ1) is 15.5. The zero-order valence-electron chi connectivity index (χ0n) is 12.9. The lowest BCUT2D eigenvalue weighted by Gasteiger charge is -2.36. The molecule has 1 amide bonds. The van der Waals surface area contributed by atoms with Crippen LogP contribution in [0.3, 0.4) is 0 Å². The summed E-state index contributed by atoms with van der Waals surface area (Å²) in [5.74, 6) is 0. The van der Waals surface area contributed by atoms with E-state index in [1.807, 2.05) is 42.5 Å². The molecule has 5 nitrogen and oxygen atoms in total. The van der Waals surface area contributed by atoms with Gasteiger partial charge in [0.05, 0.1) is 0 Å². The third-order valence-electron chi connectivity index (χ3n) is 4.02. The number of alkyl carbamates (subject to hydrolysis) is 1. The number of aromatic nitrogens is 1. The molecule has 1 aromatic heterocycles. The molecular formula is C18H21N3O2. The number of pyridine rings is 1. The molecule has 0 unspecified atom stereocenters. The molecule has 23 heavy (non-hydrogen) atoms. The number of hydrogen-bond acceptors (Lipinski definition) is 4. The van der Waals surface area contributed by atoms with Gasteiger partial charge in [-0.3, -0.25) is 4.98 Å². The molecule has 1 saturated carbocycles. The van der Waals surface area contributed by atoms with Crippen molar-refractivity contribution in [2.24, 2.45) is 0 Å². The van der Waals surface area contributed by atoms with Gasteiger partial charge in [-0.15, -0.1) is 0 Å². The fourth-order valence-electron chi connectivity index (χ4n) is 2.60. The van der Waals surface area contributed by atoms with E-state index in [2.05, 4.69) is 15.6 Å². The second-order valence-electron chi connectivity index (χ2n) is 5.81. The molecule has 1 aliphatic rings. The van der Waals surface area contributed by atoms with Crippen LogP contribution in [0.1, 0.15) is 24.0 Å². The molecule has 0 spiro atoms. The van der Waals surface area contributed by atoms with Crippen LogP contribution in [-0.2, 0) is 17.9 Å². The molecule has 3 rings (SSSR count). The largest absolute Gasteiger partial charge is 0.445 e. The first-order chi connectivity index (χ1) is 11.3. The van der Waals surface area contributed by atoms with E-state index in [4.69, 9.17) is 4.74 Å². The molecule has 5 heteroatoms. The van der Waals surface area contributed by atoms with Crippen LogP contribution in [0.5, 0.6) is 0 Å². The van der Waals surface area contributed by atoms with E-state index in [1.54, 1.807) is 12.4 Å². The van der Waals surface area contributed by atoms with Crippen LogP contribution < -0.4 is 10.6 Å². The molecular weight excluding hydrogens is 290 g/mol. The Morgan fingerprint density at radius 1 is 1.04 bits per heavy atom. The number of nitrogens with zero attached hydrogens (tertiary/aromatic N) is 1. The van der Waals surface area contributed by atoms with Gasteiger partial charge in [-0.25, -0.2) is 4.79 Å². The van der Waals surface area contributed by atoms with Crippen LogP contribution in [0.2, 0.25) is 0 Å². The predicted octanol–water partition coefficient (Wildman–Crippen LogP) is 2.63. The highest BCUT2D eigenvalue weighted by Crippen LogP contribution is 2.20. The van der Waals surface area contributed by atoms with Crippen LogP contribution in [0, 0.1) is 0 Å². The van der Waals surface area contributed by atoms with Crippen molar-refractivity contribution in [3.05, 3.63) is 66.0 Å². The molecule has 0 atom stereocenters. The maximum atomic E-state index is 11.7. The summed E-state index contributed by atoms with van der Waals surface area (Å²) in [4.78, 5) is 15.7. The third-order valence-corrected chi connectivity index (χ3v) is 4.02. The summed E-state index contributed by atoms with van der Waals surface area (Å²) in [6, 6.07) is 14.3. The van der Waals surface area contributed by atoms with Crippen molar-refractivity contribution < 1.29 is 9.53 Å². The van der Waals surface area contributed by atoms with Gasteiger partial charge in [0.25, 0.3) is 0 Å². The zero-order chi connectivity index (χ0) is 15.9. The Hall–Kier alpha value is -2.40. The number of ether oxygens (including phenoxy) is 1. The average Bonchev–Trinajstić information content (AvgIpc) is 2.57. The molecule has 1 aliphatic carbocycles. The Morgan fingerprint density at radius 3 is 2.52 bits per heavy atom. The van der Waals surface area contributed by atoms with Gasteiger partial charge in [-0.05, 0) is 36.1 Å². The van der Waals surface area contributed by atoms with E-state index >= 15 is 0 Å². The third kappa shape index (κ3) is 4.79. The minimum Gasteiger partial charge on any atom is -0.445 e. The number of hydrogen-bond donors (Lipinski definition) is 2. The Balaban J connectivity index is 1.30. The zero-order valence-corrected chi connectivity index (χ0v) is 12.9. The minimum absolute atomic E-state index is 0.202. The molecule has 1 fully saturated rings. The summed E-state index contributed by atoms with van der Waals surface area (Å²) >= 11 is 0. The van der Waals surface area contributed by atoms with Crippen molar-refractivity contribution in [2.45, 2.75) is 38.1 Å². The fraction of sp³-hybridized carbons (Fsp3) is 0.333. The van der Waals surface area contributed by atoms with Crippen molar-refractivity contribution >= 4 is 6.09 Å². The number of rotatable bonds is 6. The van der Waals surface area contributed by atoms with Crippen molar-refractivity contribution in [1.82, 2.24) is 15.6 Å². The topological polar surface area (TPSA) is 63.2 Å². The van der Waals surface area contributed by atoms with E-state index in [0.29, 0.717) is 12.6 Å². The van der Waals surface area contributed by atoms with Crippen LogP contribution in [-0.4, -0.2) is 23.2 Å². The second-order valence-corrected chi connectivity index (χ2v) is 5.81. The van der Waals surface area contributed by atoms with Gasteiger partial charge < -0.3 is 15.4 Å². The molecule has 0 bridgehead atoms. The number of carbonyl (C=O) groups is 1. The molecule has 2 aromatic rings. The minimum atomic E-state index is -0.341. The van der Waals surface area contributed by atoms with Crippen LogP contribution >= 0.6 is 0 Å². The van der Waals surface area contributed by atoms with E-state index in [1.165, 1.54) is 5.56 Å². The first-order valence-electron chi connectivity index (χ1n) is 7.89. The smallest absolute Gasteiger partial charge is 0.407 e. The molecule has 0 aliphatic heterocycles. The van der Waals surface area contributed by atoms with Crippen molar-refractivity contribution in [3.63, 3.8) is 0 Å². The number of benzene rings is 1. The summed E-state index contributed by atoms with van der Waals surface area (Å²) in [5, 5.41) is 6.38. The van der Waals surface area contributed by atoms with Crippen molar-refractivity contribution in [3.8, 4) is 0 Å². The van der Waals surface area contributed by atoms with E-state index < -0.39 is 0 Å². The Labute approximate surface area is 136 Å². The molecule has 0 saturated heterocycles. The fourth-order valence-corrected chi connectivity index (χ4v) is 2.60. The normalized spacial score (nSPS) is 19.7. The predicted molar refractivity (Wildman–Crippen MR) is 87.6 cm³/mol. The lowest BCUT2D eigenvalue weighted by molar-refractivity contribution is 0.125.